The highest BCUT2D eigenvalue weighted by atomic mass is 16.4. The van der Waals surface area contributed by atoms with Crippen molar-refractivity contribution < 1.29 is 14.3 Å². The molecule has 1 amide bonds. The summed E-state index contributed by atoms with van der Waals surface area (Å²) in [6.07, 6.45) is 0.666. The summed E-state index contributed by atoms with van der Waals surface area (Å²) in [4.78, 5) is 27.3. The Morgan fingerprint density at radius 3 is 2.32 bits per heavy atom. The Bertz CT molecular complexity index is 915. The number of hydrogen-bond acceptors (Lipinski definition) is 4. The van der Waals surface area contributed by atoms with Crippen LogP contribution in [0, 0.1) is 5.41 Å². The molecule has 0 saturated heterocycles. The van der Waals surface area contributed by atoms with E-state index in [0.717, 1.165) is 0 Å². The maximum Gasteiger partial charge on any atom is 0.345 e. The van der Waals surface area contributed by atoms with E-state index in [1.54, 1.807) is 24.3 Å². The van der Waals surface area contributed by atoms with Gasteiger partial charge in [0.15, 0.2) is 5.72 Å². The first-order chi connectivity index (χ1) is 11.4. The lowest BCUT2D eigenvalue weighted by molar-refractivity contribution is -0.117. The van der Waals surface area contributed by atoms with E-state index in [0.29, 0.717) is 17.4 Å². The summed E-state index contributed by atoms with van der Waals surface area (Å²) < 4.78 is 5.36. The molecule has 1 unspecified atom stereocenters. The molecule has 0 bridgehead atoms. The molecule has 1 aromatic carbocycles. The molecule has 2 heterocycles. The maximum atomic E-state index is 13.3. The number of hydrogen-bond donors (Lipinski definition) is 1. The van der Waals surface area contributed by atoms with Crippen molar-refractivity contribution in [3.05, 3.63) is 45.8 Å². The van der Waals surface area contributed by atoms with Crippen LogP contribution in [-0.4, -0.2) is 21.5 Å². The van der Waals surface area contributed by atoms with Gasteiger partial charge in [0.25, 0.3) is 5.91 Å². The molecule has 1 atom stereocenters. The fraction of sp³-hybridized carbons (Fsp3) is 0.500. The first-order valence-corrected chi connectivity index (χ1v) is 8.50. The van der Waals surface area contributed by atoms with Crippen molar-refractivity contribution in [2.45, 2.75) is 59.2 Å². The van der Waals surface area contributed by atoms with Gasteiger partial charge >= 0.3 is 5.63 Å². The Labute approximate surface area is 147 Å². The lowest BCUT2D eigenvalue weighted by Crippen LogP contribution is -2.55. The lowest BCUT2D eigenvalue weighted by atomic mass is 9.80. The zero-order chi connectivity index (χ0) is 18.8. The normalized spacial score (nSPS) is 21.1. The monoisotopic (exact) mass is 343 g/mol. The average Bonchev–Trinajstić information content (AvgIpc) is 2.64. The molecule has 5 nitrogen and oxygen atoms in total. The predicted octanol–water partition coefficient (Wildman–Crippen LogP) is 3.63. The minimum absolute atomic E-state index is 0.0261. The Balaban J connectivity index is 2.27. The molecular formula is C20H25NO4. The summed E-state index contributed by atoms with van der Waals surface area (Å²) >= 11 is 0. The van der Waals surface area contributed by atoms with Crippen molar-refractivity contribution in [3.8, 4) is 0 Å². The lowest BCUT2D eigenvalue weighted by Gasteiger charge is -2.45. The third kappa shape index (κ3) is 2.67. The van der Waals surface area contributed by atoms with Gasteiger partial charge in [-0.25, -0.2) is 4.79 Å². The maximum absolute atomic E-state index is 13.3. The Kier molecular flexibility index (Phi) is 3.66. The molecular weight excluding hydrogens is 318 g/mol. The number of carbonyl (C=O) groups is 1. The largest absolute Gasteiger partial charge is 0.422 e. The zero-order valence-electron chi connectivity index (χ0n) is 15.6. The van der Waals surface area contributed by atoms with Gasteiger partial charge in [-0.1, -0.05) is 39.0 Å². The van der Waals surface area contributed by atoms with Crippen LogP contribution in [0.1, 0.15) is 63.9 Å². The smallest absolute Gasteiger partial charge is 0.345 e. The zero-order valence-corrected chi connectivity index (χ0v) is 15.6. The van der Waals surface area contributed by atoms with E-state index in [-0.39, 0.29) is 22.4 Å². The first-order valence-electron chi connectivity index (χ1n) is 8.50. The van der Waals surface area contributed by atoms with Crippen LogP contribution >= 0.6 is 0 Å². The minimum Gasteiger partial charge on any atom is -0.422 e. The summed E-state index contributed by atoms with van der Waals surface area (Å²) in [6.45, 7) is 11.6. The molecule has 0 radical (unpaired) electrons. The van der Waals surface area contributed by atoms with Crippen LogP contribution in [0.25, 0.3) is 11.0 Å². The van der Waals surface area contributed by atoms with Gasteiger partial charge < -0.3 is 14.4 Å². The van der Waals surface area contributed by atoms with Gasteiger partial charge in [0.2, 0.25) is 0 Å². The molecule has 1 aromatic heterocycles. The van der Waals surface area contributed by atoms with E-state index in [1.165, 1.54) is 11.8 Å². The van der Waals surface area contributed by atoms with Crippen molar-refractivity contribution in [1.82, 2.24) is 4.90 Å². The second-order valence-corrected chi connectivity index (χ2v) is 8.85. The number of para-hydroxylation sites is 1. The van der Waals surface area contributed by atoms with E-state index >= 15 is 0 Å². The van der Waals surface area contributed by atoms with Crippen LogP contribution < -0.4 is 5.63 Å². The van der Waals surface area contributed by atoms with E-state index in [9.17, 15) is 14.7 Å². The van der Waals surface area contributed by atoms with Crippen molar-refractivity contribution in [3.63, 3.8) is 0 Å². The Morgan fingerprint density at radius 1 is 1.12 bits per heavy atom. The third-order valence-electron chi connectivity index (χ3n) is 4.71. The second-order valence-electron chi connectivity index (χ2n) is 8.85. The summed E-state index contributed by atoms with van der Waals surface area (Å²) in [5.41, 5.74) is -2.46. The average molecular weight is 343 g/mol. The third-order valence-corrected chi connectivity index (χ3v) is 4.71. The van der Waals surface area contributed by atoms with Crippen LogP contribution in [0.3, 0.4) is 0 Å². The highest BCUT2D eigenvalue weighted by Gasteiger charge is 2.54. The highest BCUT2D eigenvalue weighted by molar-refractivity contribution is 6.09. The predicted molar refractivity (Wildman–Crippen MR) is 96.4 cm³/mol. The van der Waals surface area contributed by atoms with Gasteiger partial charge in [0.05, 0.1) is 5.56 Å². The van der Waals surface area contributed by atoms with Crippen LogP contribution in [0.2, 0.25) is 0 Å². The van der Waals surface area contributed by atoms with Crippen LogP contribution in [0.5, 0.6) is 0 Å². The number of rotatable bonds is 2. The van der Waals surface area contributed by atoms with Crippen molar-refractivity contribution in [1.29, 1.82) is 0 Å². The number of amides is 1. The molecule has 134 valence electrons. The summed E-state index contributed by atoms with van der Waals surface area (Å²) in [5.74, 6) is -0.335. The quantitative estimate of drug-likeness (QED) is 0.845. The fourth-order valence-corrected chi connectivity index (χ4v) is 4.46. The van der Waals surface area contributed by atoms with E-state index < -0.39 is 16.9 Å². The Hall–Kier alpha value is -2.14. The molecule has 0 saturated carbocycles. The molecule has 5 heteroatoms. The van der Waals surface area contributed by atoms with Gasteiger partial charge in [-0.05, 0) is 38.7 Å². The van der Waals surface area contributed by atoms with Crippen molar-refractivity contribution in [2.75, 3.05) is 0 Å². The highest BCUT2D eigenvalue weighted by Crippen LogP contribution is 2.45. The van der Waals surface area contributed by atoms with Crippen LogP contribution in [0.4, 0.5) is 0 Å². The summed E-state index contributed by atoms with van der Waals surface area (Å²) in [7, 11) is 0. The first kappa shape index (κ1) is 17.7. The summed E-state index contributed by atoms with van der Waals surface area (Å²) in [6, 6.07) is 6.93. The molecule has 3 rings (SSSR count). The van der Waals surface area contributed by atoms with E-state index in [1.807, 2.05) is 13.8 Å². The molecule has 2 aromatic rings. The van der Waals surface area contributed by atoms with Gasteiger partial charge in [0.1, 0.15) is 11.1 Å². The molecule has 1 aliphatic rings. The Morgan fingerprint density at radius 2 is 1.72 bits per heavy atom. The molecule has 1 N–H and O–H groups in total. The van der Waals surface area contributed by atoms with Gasteiger partial charge in [-0.3, -0.25) is 4.79 Å². The van der Waals surface area contributed by atoms with Gasteiger partial charge in [-0.2, -0.15) is 0 Å². The van der Waals surface area contributed by atoms with E-state index in [2.05, 4.69) is 20.8 Å². The van der Waals surface area contributed by atoms with Crippen molar-refractivity contribution >= 4 is 16.9 Å². The fourth-order valence-electron chi connectivity index (χ4n) is 4.46. The van der Waals surface area contributed by atoms with Crippen LogP contribution in [-0.2, 0) is 5.72 Å². The molecule has 0 spiro atoms. The van der Waals surface area contributed by atoms with Gasteiger partial charge in [-0.15, -0.1) is 0 Å². The standard InChI is InChI=1S/C20H25NO4/c1-18(2,3)11-19(4,5)21-16(22)14-12-9-7-8-10-13(12)25-17(23)15(14)20(21,6)24/h7-10,24H,11H2,1-6H3. The number of nitrogens with zero attached hydrogens (tertiary/aromatic N) is 1. The van der Waals surface area contributed by atoms with Gasteiger partial charge in [0, 0.05) is 10.9 Å². The number of fused-ring (bicyclic) bond motifs is 3. The van der Waals surface area contributed by atoms with E-state index in [4.69, 9.17) is 4.42 Å². The molecule has 25 heavy (non-hydrogen) atoms. The SMILES string of the molecule is CC(C)(C)CC(C)(C)N1C(=O)c2c(c(=O)oc3ccccc23)C1(C)O. The topological polar surface area (TPSA) is 70.8 Å². The molecule has 0 aliphatic carbocycles. The second kappa shape index (κ2) is 5.18. The number of carbonyl (C=O) groups excluding carboxylic acids is 1. The van der Waals surface area contributed by atoms with Crippen LogP contribution in [0.15, 0.2) is 33.5 Å². The number of aliphatic hydroxyl groups is 1. The molecule has 0 fully saturated rings. The molecule has 1 aliphatic heterocycles. The summed E-state index contributed by atoms with van der Waals surface area (Å²) in [5, 5.41) is 11.7. The minimum atomic E-state index is -1.72. The van der Waals surface area contributed by atoms with Crippen molar-refractivity contribution in [2.24, 2.45) is 5.41 Å². The number of benzene rings is 1.